The van der Waals surface area contributed by atoms with Crippen LogP contribution in [0.2, 0.25) is 0 Å². The lowest BCUT2D eigenvalue weighted by Gasteiger charge is -2.09. The van der Waals surface area contributed by atoms with Crippen molar-refractivity contribution >= 4 is 10.8 Å². The summed E-state index contributed by atoms with van der Waals surface area (Å²) in [5.41, 5.74) is 2.34. The van der Waals surface area contributed by atoms with Crippen LogP contribution in [0.3, 0.4) is 0 Å². The zero-order valence-corrected chi connectivity index (χ0v) is 13.0. The Labute approximate surface area is 122 Å². The fraction of sp³-hybridized carbons (Fsp3) is 0.474. The van der Waals surface area contributed by atoms with E-state index in [1.165, 1.54) is 16.3 Å². The van der Waals surface area contributed by atoms with Gasteiger partial charge in [0.25, 0.3) is 0 Å². The Hall–Kier alpha value is -1.34. The topological polar surface area (TPSA) is 12.0 Å². The molecular weight excluding hydrogens is 242 g/mol. The Kier molecular flexibility index (Phi) is 3.13. The lowest BCUT2D eigenvalue weighted by atomic mass is 10.0. The maximum Gasteiger partial charge on any atom is 0.0211 e. The van der Waals surface area contributed by atoms with Crippen LogP contribution in [0.1, 0.15) is 33.3 Å². The first-order valence-electron chi connectivity index (χ1n) is 7.62. The van der Waals surface area contributed by atoms with Crippen molar-refractivity contribution in [2.45, 2.75) is 34.2 Å². The van der Waals surface area contributed by atoms with Gasteiger partial charge in [-0.25, -0.2) is 0 Å². The van der Waals surface area contributed by atoms with Crippen molar-refractivity contribution in [2.75, 3.05) is 6.54 Å². The molecule has 1 fully saturated rings. The van der Waals surface area contributed by atoms with Crippen molar-refractivity contribution < 1.29 is 0 Å². The van der Waals surface area contributed by atoms with Gasteiger partial charge in [0.1, 0.15) is 0 Å². The number of nitrogens with one attached hydrogen (secondary N) is 1. The van der Waals surface area contributed by atoms with Crippen molar-refractivity contribution in [3.8, 4) is 0 Å². The Bertz CT molecular complexity index is 605. The lowest BCUT2D eigenvalue weighted by Crippen LogP contribution is -2.19. The van der Waals surface area contributed by atoms with E-state index in [9.17, 15) is 0 Å². The molecule has 0 spiro atoms. The molecule has 1 aliphatic carbocycles. The van der Waals surface area contributed by atoms with E-state index in [2.05, 4.69) is 75.5 Å². The minimum absolute atomic E-state index is 0.471. The highest BCUT2D eigenvalue weighted by Gasteiger charge is 2.63. The van der Waals surface area contributed by atoms with E-state index in [0.29, 0.717) is 10.8 Å². The van der Waals surface area contributed by atoms with Crippen molar-refractivity contribution in [2.24, 2.45) is 16.7 Å². The minimum atomic E-state index is 0.471. The molecule has 0 heterocycles. The van der Waals surface area contributed by atoms with Crippen LogP contribution in [0, 0.1) is 16.7 Å². The molecule has 0 aromatic heterocycles. The summed E-state index contributed by atoms with van der Waals surface area (Å²) in [6, 6.07) is 15.2. The molecule has 1 aliphatic rings. The first-order chi connectivity index (χ1) is 9.44. The van der Waals surface area contributed by atoms with Gasteiger partial charge < -0.3 is 5.32 Å². The fourth-order valence-corrected chi connectivity index (χ4v) is 3.64. The fourth-order valence-electron chi connectivity index (χ4n) is 3.64. The Morgan fingerprint density at radius 3 is 2.25 bits per heavy atom. The van der Waals surface area contributed by atoms with E-state index in [4.69, 9.17) is 0 Å². The van der Waals surface area contributed by atoms with Gasteiger partial charge in [-0.2, -0.15) is 0 Å². The molecule has 2 aromatic rings. The molecule has 106 valence electrons. The molecular formula is C19H25N. The van der Waals surface area contributed by atoms with E-state index in [1.54, 1.807) is 0 Å². The average Bonchev–Trinajstić information content (AvgIpc) is 2.81. The third kappa shape index (κ3) is 2.05. The van der Waals surface area contributed by atoms with Crippen LogP contribution in [0.25, 0.3) is 10.8 Å². The second kappa shape index (κ2) is 4.60. The first-order valence-corrected chi connectivity index (χ1v) is 7.62. The smallest absolute Gasteiger partial charge is 0.0211 e. The first kappa shape index (κ1) is 13.6. The van der Waals surface area contributed by atoms with Crippen molar-refractivity contribution in [3.63, 3.8) is 0 Å². The highest BCUT2D eigenvalue weighted by atomic mass is 14.9. The number of fused-ring (bicyclic) bond motifs is 1. The maximum atomic E-state index is 3.67. The lowest BCUT2D eigenvalue weighted by molar-refractivity contribution is 0.457. The molecule has 0 bridgehead atoms. The molecule has 2 aromatic carbocycles. The van der Waals surface area contributed by atoms with Crippen LogP contribution in [0.5, 0.6) is 0 Å². The summed E-state index contributed by atoms with van der Waals surface area (Å²) in [5, 5.41) is 6.37. The second-order valence-corrected chi connectivity index (χ2v) is 7.27. The van der Waals surface area contributed by atoms with Gasteiger partial charge in [0.05, 0.1) is 0 Å². The zero-order valence-electron chi connectivity index (χ0n) is 13.0. The van der Waals surface area contributed by atoms with Crippen LogP contribution in [0.15, 0.2) is 42.5 Å². The molecule has 20 heavy (non-hydrogen) atoms. The summed E-state index contributed by atoms with van der Waals surface area (Å²) in [6.45, 7) is 11.6. The summed E-state index contributed by atoms with van der Waals surface area (Å²) in [5.74, 6) is 0.782. The van der Waals surface area contributed by atoms with E-state index in [1.807, 2.05) is 0 Å². The van der Waals surface area contributed by atoms with Gasteiger partial charge in [-0.05, 0) is 39.6 Å². The molecule has 1 nitrogen and oxygen atoms in total. The predicted molar refractivity (Wildman–Crippen MR) is 86.7 cm³/mol. The Morgan fingerprint density at radius 2 is 1.55 bits per heavy atom. The molecule has 0 aliphatic heterocycles. The summed E-state index contributed by atoms with van der Waals surface area (Å²) in [6.07, 6.45) is 0. The molecule has 0 amide bonds. The van der Waals surface area contributed by atoms with Gasteiger partial charge in [0.15, 0.2) is 0 Å². The van der Waals surface area contributed by atoms with Crippen LogP contribution in [0.4, 0.5) is 0 Å². The van der Waals surface area contributed by atoms with Crippen LogP contribution < -0.4 is 5.32 Å². The largest absolute Gasteiger partial charge is 0.312 e. The highest BCUT2D eigenvalue weighted by Crippen LogP contribution is 2.67. The number of hydrogen-bond acceptors (Lipinski definition) is 1. The molecule has 1 N–H and O–H groups in total. The summed E-state index contributed by atoms with van der Waals surface area (Å²) >= 11 is 0. The molecule has 0 atom stereocenters. The Balaban J connectivity index is 1.67. The summed E-state index contributed by atoms with van der Waals surface area (Å²) in [4.78, 5) is 0. The maximum absolute atomic E-state index is 3.67. The van der Waals surface area contributed by atoms with E-state index < -0.39 is 0 Å². The molecule has 1 saturated carbocycles. The SMILES string of the molecule is CC1(C)C(CNCc2cccc3ccccc23)C1(C)C. The van der Waals surface area contributed by atoms with Gasteiger partial charge in [-0.3, -0.25) is 0 Å². The van der Waals surface area contributed by atoms with Crippen LogP contribution in [-0.2, 0) is 6.54 Å². The molecule has 0 unspecified atom stereocenters. The quantitative estimate of drug-likeness (QED) is 0.853. The van der Waals surface area contributed by atoms with E-state index >= 15 is 0 Å². The van der Waals surface area contributed by atoms with Gasteiger partial charge in [-0.15, -0.1) is 0 Å². The minimum Gasteiger partial charge on any atom is -0.312 e. The average molecular weight is 267 g/mol. The number of rotatable bonds is 4. The molecule has 3 rings (SSSR count). The van der Waals surface area contributed by atoms with Crippen LogP contribution >= 0.6 is 0 Å². The van der Waals surface area contributed by atoms with Crippen molar-refractivity contribution in [1.29, 1.82) is 0 Å². The number of benzene rings is 2. The highest BCUT2D eigenvalue weighted by molar-refractivity contribution is 5.85. The zero-order chi connectivity index (χ0) is 14.4. The number of hydrogen-bond donors (Lipinski definition) is 1. The van der Waals surface area contributed by atoms with Crippen molar-refractivity contribution in [1.82, 2.24) is 5.32 Å². The molecule has 1 heteroatoms. The van der Waals surface area contributed by atoms with E-state index in [-0.39, 0.29) is 0 Å². The third-order valence-corrected chi connectivity index (χ3v) is 5.86. The van der Waals surface area contributed by atoms with E-state index in [0.717, 1.165) is 19.0 Å². The van der Waals surface area contributed by atoms with Crippen LogP contribution in [-0.4, -0.2) is 6.54 Å². The molecule has 0 saturated heterocycles. The molecule has 0 radical (unpaired) electrons. The van der Waals surface area contributed by atoms with Gasteiger partial charge in [0.2, 0.25) is 0 Å². The Morgan fingerprint density at radius 1 is 0.900 bits per heavy atom. The predicted octanol–water partition coefficient (Wildman–Crippen LogP) is 4.61. The monoisotopic (exact) mass is 267 g/mol. The second-order valence-electron chi connectivity index (χ2n) is 7.27. The van der Waals surface area contributed by atoms with Crippen molar-refractivity contribution in [3.05, 3.63) is 48.0 Å². The summed E-state index contributed by atoms with van der Waals surface area (Å²) in [7, 11) is 0. The standard InChI is InChI=1S/C19H25N/c1-18(2)17(19(18,3)4)13-20-12-15-10-7-9-14-8-5-6-11-16(14)15/h5-11,17,20H,12-13H2,1-4H3. The van der Waals surface area contributed by atoms with Gasteiger partial charge in [-0.1, -0.05) is 70.2 Å². The van der Waals surface area contributed by atoms with Gasteiger partial charge in [0, 0.05) is 6.54 Å². The van der Waals surface area contributed by atoms with Gasteiger partial charge >= 0.3 is 0 Å². The normalized spacial score (nSPS) is 20.2. The summed E-state index contributed by atoms with van der Waals surface area (Å²) < 4.78 is 0. The third-order valence-electron chi connectivity index (χ3n) is 5.86.